The highest BCUT2D eigenvalue weighted by atomic mass is 16.3. The topological polar surface area (TPSA) is 52.6 Å². The zero-order valence-electron chi connectivity index (χ0n) is 9.82. The molecule has 2 rings (SSSR count). The standard InChI is InChI=1S/C12H22N2O2/c15-9-8-14(11-6-7-11)12(16)13-10-4-2-1-3-5-10/h10-11,15H,1-9H2,(H,13,16). The van der Waals surface area contributed by atoms with E-state index in [1.807, 2.05) is 0 Å². The number of urea groups is 1. The van der Waals surface area contributed by atoms with Crippen LogP contribution >= 0.6 is 0 Å². The molecule has 0 bridgehead atoms. The van der Waals surface area contributed by atoms with Gasteiger partial charge in [-0.1, -0.05) is 19.3 Å². The molecule has 92 valence electrons. The fourth-order valence-electron chi connectivity index (χ4n) is 2.45. The monoisotopic (exact) mass is 226 g/mol. The highest BCUT2D eigenvalue weighted by Crippen LogP contribution is 2.27. The molecule has 0 unspecified atom stereocenters. The maximum atomic E-state index is 12.0. The van der Waals surface area contributed by atoms with Gasteiger partial charge >= 0.3 is 6.03 Å². The first kappa shape index (κ1) is 11.7. The first-order chi connectivity index (χ1) is 7.81. The van der Waals surface area contributed by atoms with Crippen LogP contribution in [0, 0.1) is 0 Å². The van der Waals surface area contributed by atoms with Crippen LogP contribution in [0.5, 0.6) is 0 Å². The number of aliphatic hydroxyl groups excluding tert-OH is 1. The summed E-state index contributed by atoms with van der Waals surface area (Å²) in [6.45, 7) is 0.539. The third-order valence-corrected chi connectivity index (χ3v) is 3.52. The number of amides is 2. The molecule has 4 heteroatoms. The highest BCUT2D eigenvalue weighted by Gasteiger charge is 2.32. The lowest BCUT2D eigenvalue weighted by Crippen LogP contribution is -2.47. The zero-order valence-corrected chi connectivity index (χ0v) is 9.82. The van der Waals surface area contributed by atoms with Crippen LogP contribution in [0.1, 0.15) is 44.9 Å². The summed E-state index contributed by atoms with van der Waals surface area (Å²) in [5.41, 5.74) is 0. The van der Waals surface area contributed by atoms with Crippen molar-refractivity contribution in [2.45, 2.75) is 57.0 Å². The number of aliphatic hydroxyl groups is 1. The molecular formula is C12H22N2O2. The Balaban J connectivity index is 1.79. The number of nitrogens with one attached hydrogen (secondary N) is 1. The Morgan fingerprint density at radius 3 is 2.44 bits per heavy atom. The number of hydrogen-bond acceptors (Lipinski definition) is 2. The predicted octanol–water partition coefficient (Wildman–Crippen LogP) is 1.49. The Morgan fingerprint density at radius 1 is 1.19 bits per heavy atom. The van der Waals surface area contributed by atoms with E-state index in [9.17, 15) is 4.79 Å². The molecule has 0 aliphatic heterocycles. The summed E-state index contributed by atoms with van der Waals surface area (Å²) in [7, 11) is 0. The van der Waals surface area contributed by atoms with Crippen molar-refractivity contribution in [3.63, 3.8) is 0 Å². The van der Waals surface area contributed by atoms with Gasteiger partial charge in [-0.05, 0) is 25.7 Å². The van der Waals surface area contributed by atoms with E-state index >= 15 is 0 Å². The van der Waals surface area contributed by atoms with Crippen molar-refractivity contribution in [2.24, 2.45) is 0 Å². The summed E-state index contributed by atoms with van der Waals surface area (Å²) in [6.07, 6.45) is 8.18. The lowest BCUT2D eigenvalue weighted by atomic mass is 9.96. The Kier molecular flexibility index (Phi) is 4.04. The summed E-state index contributed by atoms with van der Waals surface area (Å²) in [5.74, 6) is 0. The second kappa shape index (κ2) is 5.53. The van der Waals surface area contributed by atoms with Crippen molar-refractivity contribution in [2.75, 3.05) is 13.2 Å². The summed E-state index contributed by atoms with van der Waals surface area (Å²) in [4.78, 5) is 13.8. The van der Waals surface area contributed by atoms with E-state index in [0.29, 0.717) is 18.6 Å². The van der Waals surface area contributed by atoms with Gasteiger partial charge in [-0.2, -0.15) is 0 Å². The molecule has 0 aromatic carbocycles. The van der Waals surface area contributed by atoms with Gasteiger partial charge < -0.3 is 15.3 Å². The number of rotatable bonds is 4. The van der Waals surface area contributed by atoms with Crippen molar-refractivity contribution in [1.82, 2.24) is 10.2 Å². The average Bonchev–Trinajstić information content (AvgIpc) is 3.11. The number of nitrogens with zero attached hydrogens (tertiary/aromatic N) is 1. The van der Waals surface area contributed by atoms with E-state index in [4.69, 9.17) is 5.11 Å². The molecule has 0 saturated heterocycles. The van der Waals surface area contributed by atoms with Gasteiger partial charge in [0.1, 0.15) is 0 Å². The van der Waals surface area contributed by atoms with Gasteiger partial charge in [-0.15, -0.1) is 0 Å². The fraction of sp³-hybridized carbons (Fsp3) is 0.917. The minimum atomic E-state index is 0.0310. The Hall–Kier alpha value is -0.770. The van der Waals surface area contributed by atoms with Crippen LogP contribution < -0.4 is 5.32 Å². The van der Waals surface area contributed by atoms with Crippen molar-refractivity contribution in [3.8, 4) is 0 Å². The van der Waals surface area contributed by atoms with Gasteiger partial charge in [0, 0.05) is 18.6 Å². The normalized spacial score (nSPS) is 21.8. The molecule has 0 radical (unpaired) electrons. The fourth-order valence-corrected chi connectivity index (χ4v) is 2.45. The third kappa shape index (κ3) is 3.11. The Labute approximate surface area is 97.0 Å². The SMILES string of the molecule is O=C(NC1CCCCC1)N(CCO)C1CC1. The first-order valence-corrected chi connectivity index (χ1v) is 6.49. The molecule has 2 aliphatic rings. The van der Waals surface area contributed by atoms with E-state index in [-0.39, 0.29) is 12.6 Å². The van der Waals surface area contributed by atoms with E-state index < -0.39 is 0 Å². The van der Waals surface area contributed by atoms with Crippen molar-refractivity contribution < 1.29 is 9.90 Å². The van der Waals surface area contributed by atoms with Gasteiger partial charge in [-0.3, -0.25) is 0 Å². The summed E-state index contributed by atoms with van der Waals surface area (Å²) in [5, 5.41) is 12.0. The van der Waals surface area contributed by atoms with Crippen LogP contribution in [-0.4, -0.2) is 41.3 Å². The van der Waals surface area contributed by atoms with Crippen LogP contribution in [0.25, 0.3) is 0 Å². The largest absolute Gasteiger partial charge is 0.395 e. The molecule has 0 spiro atoms. The molecule has 0 heterocycles. The molecule has 4 nitrogen and oxygen atoms in total. The van der Waals surface area contributed by atoms with E-state index in [1.54, 1.807) is 4.90 Å². The van der Waals surface area contributed by atoms with Crippen LogP contribution in [0.3, 0.4) is 0 Å². The number of carbonyl (C=O) groups excluding carboxylic acids is 1. The van der Waals surface area contributed by atoms with Crippen LogP contribution in [0.15, 0.2) is 0 Å². The van der Waals surface area contributed by atoms with Gasteiger partial charge in [0.25, 0.3) is 0 Å². The minimum Gasteiger partial charge on any atom is -0.395 e. The van der Waals surface area contributed by atoms with Crippen molar-refractivity contribution in [3.05, 3.63) is 0 Å². The minimum absolute atomic E-state index is 0.0310. The zero-order chi connectivity index (χ0) is 11.4. The molecule has 2 fully saturated rings. The Bertz CT molecular complexity index is 235. The second-order valence-corrected chi connectivity index (χ2v) is 4.93. The lowest BCUT2D eigenvalue weighted by Gasteiger charge is -2.28. The second-order valence-electron chi connectivity index (χ2n) is 4.93. The molecular weight excluding hydrogens is 204 g/mol. The molecule has 2 saturated carbocycles. The summed E-state index contributed by atoms with van der Waals surface area (Å²) in [6, 6.07) is 0.778. The maximum absolute atomic E-state index is 12.0. The maximum Gasteiger partial charge on any atom is 0.317 e. The molecule has 0 aromatic heterocycles. The smallest absolute Gasteiger partial charge is 0.317 e. The number of hydrogen-bond donors (Lipinski definition) is 2. The van der Waals surface area contributed by atoms with Gasteiger partial charge in [0.15, 0.2) is 0 Å². The predicted molar refractivity (Wildman–Crippen MR) is 62.2 cm³/mol. The van der Waals surface area contributed by atoms with E-state index in [1.165, 1.54) is 19.3 Å². The molecule has 0 aromatic rings. The van der Waals surface area contributed by atoms with E-state index in [2.05, 4.69) is 5.32 Å². The van der Waals surface area contributed by atoms with Crippen molar-refractivity contribution >= 4 is 6.03 Å². The lowest BCUT2D eigenvalue weighted by molar-refractivity contribution is 0.168. The molecule has 2 aliphatic carbocycles. The highest BCUT2D eigenvalue weighted by molar-refractivity contribution is 5.75. The van der Waals surface area contributed by atoms with Crippen LogP contribution in [0.2, 0.25) is 0 Å². The first-order valence-electron chi connectivity index (χ1n) is 6.49. The van der Waals surface area contributed by atoms with Crippen LogP contribution in [-0.2, 0) is 0 Å². The average molecular weight is 226 g/mol. The Morgan fingerprint density at radius 2 is 1.88 bits per heavy atom. The third-order valence-electron chi connectivity index (χ3n) is 3.52. The van der Waals surface area contributed by atoms with Crippen LogP contribution in [0.4, 0.5) is 4.79 Å². The molecule has 2 N–H and O–H groups in total. The molecule has 0 atom stereocenters. The summed E-state index contributed by atoms with van der Waals surface area (Å²) >= 11 is 0. The molecule has 2 amide bonds. The molecule has 16 heavy (non-hydrogen) atoms. The number of carbonyl (C=O) groups is 1. The quantitative estimate of drug-likeness (QED) is 0.763. The van der Waals surface area contributed by atoms with Crippen molar-refractivity contribution in [1.29, 1.82) is 0 Å². The summed E-state index contributed by atoms with van der Waals surface area (Å²) < 4.78 is 0. The van der Waals surface area contributed by atoms with Gasteiger partial charge in [0.2, 0.25) is 0 Å². The van der Waals surface area contributed by atoms with Gasteiger partial charge in [-0.25, -0.2) is 4.79 Å². The van der Waals surface area contributed by atoms with Gasteiger partial charge in [0.05, 0.1) is 6.61 Å². The van der Waals surface area contributed by atoms with E-state index in [0.717, 1.165) is 25.7 Å².